The first-order valence-electron chi connectivity index (χ1n) is 9.52. The molecule has 2 N–H and O–H groups in total. The van der Waals surface area contributed by atoms with Crippen molar-refractivity contribution in [3.8, 4) is 6.07 Å². The van der Waals surface area contributed by atoms with Gasteiger partial charge in [0.2, 0.25) is 11.7 Å². The number of anilines is 1. The number of hydrogen-bond donors (Lipinski definition) is 2. The van der Waals surface area contributed by atoms with Crippen molar-refractivity contribution in [3.05, 3.63) is 53.7 Å². The fraction of sp³-hybridized carbons (Fsp3) is 0.381. The summed E-state index contributed by atoms with van der Waals surface area (Å²) in [4.78, 5) is 31.8. The smallest absolute Gasteiger partial charge is 0.269 e. The summed E-state index contributed by atoms with van der Waals surface area (Å²) in [5.74, 6) is -0.589. The molecule has 1 aromatic heterocycles. The number of nitrogens with zero attached hydrogens (tertiary/aromatic N) is 4. The number of nitriles is 1. The molecule has 0 aliphatic carbocycles. The molecule has 1 heterocycles. The maximum Gasteiger partial charge on any atom is 0.269 e. The summed E-state index contributed by atoms with van der Waals surface area (Å²) in [5.41, 5.74) is 2.82. The van der Waals surface area contributed by atoms with Gasteiger partial charge in [0.05, 0.1) is 0 Å². The predicted octanol–water partition coefficient (Wildman–Crippen LogP) is 2.58. The fourth-order valence-corrected chi connectivity index (χ4v) is 2.86. The Morgan fingerprint density at radius 2 is 1.93 bits per heavy atom. The Kier molecular flexibility index (Phi) is 7.81. The van der Waals surface area contributed by atoms with E-state index in [1.807, 2.05) is 19.9 Å². The third-order valence-corrected chi connectivity index (χ3v) is 4.35. The average Bonchev–Trinajstić information content (AvgIpc) is 2.71. The first-order chi connectivity index (χ1) is 14.2. The number of nitrogens with one attached hydrogen (secondary N) is 2. The molecule has 8 nitrogen and oxygen atoms in total. The Bertz CT molecular complexity index is 924. The molecular weight excluding hydrogens is 387 g/mol. The van der Waals surface area contributed by atoms with Crippen molar-refractivity contribution >= 4 is 17.6 Å². The highest BCUT2D eigenvalue weighted by atomic mass is 19.1. The molecule has 0 aliphatic heterocycles. The van der Waals surface area contributed by atoms with E-state index >= 15 is 0 Å². The Balaban J connectivity index is 2.18. The van der Waals surface area contributed by atoms with Gasteiger partial charge in [0.25, 0.3) is 5.91 Å². The highest BCUT2D eigenvalue weighted by Crippen LogP contribution is 2.25. The van der Waals surface area contributed by atoms with Crippen LogP contribution in [0.4, 0.5) is 10.2 Å². The van der Waals surface area contributed by atoms with Gasteiger partial charge in [-0.25, -0.2) is 9.37 Å². The lowest BCUT2D eigenvalue weighted by Gasteiger charge is -2.33. The van der Waals surface area contributed by atoms with Crippen molar-refractivity contribution in [1.82, 2.24) is 20.7 Å². The molecule has 9 heteroatoms. The number of hydrogen-bond acceptors (Lipinski definition) is 6. The van der Waals surface area contributed by atoms with Crippen LogP contribution in [0, 0.1) is 22.6 Å². The van der Waals surface area contributed by atoms with Crippen LogP contribution in [-0.4, -0.2) is 34.9 Å². The second-order valence-corrected chi connectivity index (χ2v) is 7.63. The molecule has 158 valence electrons. The summed E-state index contributed by atoms with van der Waals surface area (Å²) in [6.45, 7) is 6.49. The summed E-state index contributed by atoms with van der Waals surface area (Å²) < 4.78 is 13.2. The molecule has 0 spiro atoms. The zero-order valence-electron chi connectivity index (χ0n) is 17.3. The average molecular weight is 412 g/mol. The van der Waals surface area contributed by atoms with Gasteiger partial charge in [-0.2, -0.15) is 10.2 Å². The minimum atomic E-state index is -0.432. The minimum absolute atomic E-state index is 0.0167. The maximum atomic E-state index is 13.2. The van der Waals surface area contributed by atoms with Crippen molar-refractivity contribution in [1.29, 1.82) is 5.26 Å². The van der Waals surface area contributed by atoms with Gasteiger partial charge in [-0.1, -0.05) is 13.8 Å². The summed E-state index contributed by atoms with van der Waals surface area (Å²) in [6.07, 6.45) is 2.98. The summed E-state index contributed by atoms with van der Waals surface area (Å²) in [5, 5.41) is 13.4. The van der Waals surface area contributed by atoms with E-state index in [2.05, 4.69) is 20.7 Å². The normalized spacial score (nSPS) is 10.8. The second-order valence-electron chi connectivity index (χ2n) is 7.63. The van der Waals surface area contributed by atoms with Gasteiger partial charge in [-0.15, -0.1) is 0 Å². The molecule has 30 heavy (non-hydrogen) atoms. The molecule has 0 atom stereocenters. The fourth-order valence-electron chi connectivity index (χ4n) is 2.86. The third kappa shape index (κ3) is 7.13. The van der Waals surface area contributed by atoms with Crippen LogP contribution in [0.15, 0.2) is 36.5 Å². The van der Waals surface area contributed by atoms with E-state index in [0.717, 1.165) is 12.8 Å². The van der Waals surface area contributed by atoms with Crippen LogP contribution in [-0.2, 0) is 4.79 Å². The van der Waals surface area contributed by atoms with Crippen molar-refractivity contribution in [2.24, 2.45) is 5.41 Å². The number of halogens is 1. The van der Waals surface area contributed by atoms with E-state index in [1.54, 1.807) is 11.1 Å². The van der Waals surface area contributed by atoms with Gasteiger partial charge >= 0.3 is 0 Å². The Morgan fingerprint density at radius 3 is 2.57 bits per heavy atom. The topological polar surface area (TPSA) is 111 Å². The molecule has 0 unspecified atom stereocenters. The summed E-state index contributed by atoms with van der Waals surface area (Å²) >= 11 is 0. The molecule has 1 aromatic carbocycles. The van der Waals surface area contributed by atoms with E-state index in [9.17, 15) is 14.0 Å². The monoisotopic (exact) mass is 412 g/mol. The third-order valence-electron chi connectivity index (χ3n) is 4.35. The number of rotatable bonds is 9. The van der Waals surface area contributed by atoms with E-state index in [-0.39, 0.29) is 17.1 Å². The lowest BCUT2D eigenvalue weighted by Crippen LogP contribution is -2.47. The van der Waals surface area contributed by atoms with Gasteiger partial charge in [-0.3, -0.25) is 20.0 Å². The van der Waals surface area contributed by atoms with E-state index in [4.69, 9.17) is 5.26 Å². The molecule has 0 fully saturated rings. The molecule has 0 saturated heterocycles. The molecule has 2 aromatic rings. The number of aromatic nitrogens is 2. The van der Waals surface area contributed by atoms with Crippen LogP contribution in [0.5, 0.6) is 0 Å². The number of hydrazine groups is 1. The second kappa shape index (κ2) is 10.3. The van der Waals surface area contributed by atoms with Crippen LogP contribution < -0.4 is 15.8 Å². The zero-order valence-corrected chi connectivity index (χ0v) is 17.3. The maximum absolute atomic E-state index is 13.2. The molecule has 0 bridgehead atoms. The summed E-state index contributed by atoms with van der Waals surface area (Å²) in [6, 6.07) is 8.69. The van der Waals surface area contributed by atoms with Gasteiger partial charge in [-0.05, 0) is 42.5 Å². The summed E-state index contributed by atoms with van der Waals surface area (Å²) in [7, 11) is 0. The van der Waals surface area contributed by atoms with Gasteiger partial charge in [0.1, 0.15) is 11.9 Å². The molecular formula is C21H25FN6O2. The van der Waals surface area contributed by atoms with E-state index < -0.39 is 11.7 Å². The molecule has 2 rings (SSSR count). The van der Waals surface area contributed by atoms with Crippen molar-refractivity contribution < 1.29 is 14.0 Å². The predicted molar refractivity (Wildman–Crippen MR) is 110 cm³/mol. The molecule has 0 saturated carbocycles. The van der Waals surface area contributed by atoms with Crippen molar-refractivity contribution in [3.63, 3.8) is 0 Å². The lowest BCUT2D eigenvalue weighted by molar-refractivity contribution is -0.118. The molecule has 0 aliphatic rings. The largest absolute Gasteiger partial charge is 0.356 e. The number of carbonyl (C=O) groups is 2. The van der Waals surface area contributed by atoms with E-state index in [0.29, 0.717) is 24.5 Å². The van der Waals surface area contributed by atoms with Gasteiger partial charge in [0.15, 0.2) is 5.82 Å². The van der Waals surface area contributed by atoms with Crippen LogP contribution >= 0.6 is 0 Å². The quantitative estimate of drug-likeness (QED) is 0.484. The number of benzene rings is 1. The highest BCUT2D eigenvalue weighted by Gasteiger charge is 2.25. The SMILES string of the molecule is CC(=O)NCCCC(C)(C)CN(NC(=O)c1ccc(F)cc1)c1ccnc(C#N)n1. The zero-order chi connectivity index (χ0) is 22.1. The van der Waals surface area contributed by atoms with Crippen molar-refractivity contribution in [2.75, 3.05) is 18.1 Å². The number of amides is 2. The Morgan fingerprint density at radius 1 is 1.23 bits per heavy atom. The highest BCUT2D eigenvalue weighted by molar-refractivity contribution is 5.95. The Hall–Kier alpha value is -3.54. The van der Waals surface area contributed by atoms with Crippen LogP contribution in [0.25, 0.3) is 0 Å². The molecule has 0 radical (unpaired) electrons. The van der Waals surface area contributed by atoms with Crippen LogP contribution in [0.2, 0.25) is 0 Å². The standard InChI is InChI=1S/C21H25FN6O2/c1-15(29)24-11-4-10-21(2,3)14-28(19-9-12-25-18(13-23)26-19)27-20(30)16-5-7-17(22)8-6-16/h5-9,12H,4,10-11,14H2,1-3H3,(H,24,29)(H,27,30). The molecule has 2 amide bonds. The van der Waals surface area contributed by atoms with Crippen LogP contribution in [0.3, 0.4) is 0 Å². The lowest BCUT2D eigenvalue weighted by atomic mass is 9.87. The van der Waals surface area contributed by atoms with Gasteiger partial charge < -0.3 is 5.32 Å². The minimum Gasteiger partial charge on any atom is -0.356 e. The van der Waals surface area contributed by atoms with Crippen molar-refractivity contribution in [2.45, 2.75) is 33.6 Å². The van der Waals surface area contributed by atoms with E-state index in [1.165, 1.54) is 37.4 Å². The van der Waals surface area contributed by atoms with Crippen LogP contribution in [0.1, 0.15) is 49.8 Å². The number of carbonyl (C=O) groups excluding carboxylic acids is 2. The Labute approximate surface area is 175 Å². The first kappa shape index (κ1) is 22.7. The van der Waals surface area contributed by atoms with Gasteiger partial charge in [0, 0.05) is 37.8 Å². The first-order valence-corrected chi connectivity index (χ1v) is 9.52.